The normalized spacial score (nSPS) is 11.1. The smallest absolute Gasteiger partial charge is 0.225 e. The molecule has 0 fully saturated rings. The van der Waals surface area contributed by atoms with Crippen LogP contribution in [-0.2, 0) is 0 Å². The molecule has 3 nitrogen and oxygen atoms in total. The molecule has 2 heterocycles. The number of anilines is 2. The summed E-state index contributed by atoms with van der Waals surface area (Å²) in [6.45, 7) is 6.31. The highest BCUT2D eigenvalue weighted by molar-refractivity contribution is 7.17. The Morgan fingerprint density at radius 1 is 0.923 bits per heavy atom. The van der Waals surface area contributed by atoms with Crippen LogP contribution in [0.5, 0.6) is 0 Å². The first-order valence-corrected chi connectivity index (χ1v) is 9.63. The molecule has 1 N–H and O–H groups in total. The second kappa shape index (κ2) is 6.71. The molecule has 0 spiro atoms. The topological polar surface area (TPSA) is 37.8 Å². The van der Waals surface area contributed by atoms with Crippen molar-refractivity contribution < 1.29 is 0 Å². The molecule has 0 saturated carbocycles. The van der Waals surface area contributed by atoms with Crippen molar-refractivity contribution in [3.8, 4) is 11.1 Å². The van der Waals surface area contributed by atoms with Crippen LogP contribution >= 0.6 is 22.9 Å². The molecule has 0 aliphatic heterocycles. The summed E-state index contributed by atoms with van der Waals surface area (Å²) in [5.74, 6) is 0.738. The number of halogens is 1. The van der Waals surface area contributed by atoms with Gasteiger partial charge in [-0.25, -0.2) is 4.98 Å². The number of aryl methyl sites for hydroxylation is 3. The van der Waals surface area contributed by atoms with E-state index in [1.165, 1.54) is 22.3 Å². The van der Waals surface area contributed by atoms with Crippen LogP contribution < -0.4 is 5.32 Å². The minimum Gasteiger partial charge on any atom is -0.340 e. The molecular weight excluding hydrogens is 362 g/mol. The third kappa shape index (κ3) is 3.18. The molecule has 0 bridgehead atoms. The summed E-state index contributed by atoms with van der Waals surface area (Å²) in [6.07, 6.45) is 0. The van der Waals surface area contributed by atoms with Gasteiger partial charge in [-0.05, 0) is 61.2 Å². The fraction of sp³-hybridized carbons (Fsp3) is 0.143. The highest BCUT2D eigenvalue weighted by Crippen LogP contribution is 2.39. The van der Waals surface area contributed by atoms with Crippen molar-refractivity contribution in [2.24, 2.45) is 0 Å². The average Bonchev–Trinajstić information content (AvgIpc) is 2.98. The Kier molecular flexibility index (Phi) is 4.39. The summed E-state index contributed by atoms with van der Waals surface area (Å²) >= 11 is 7.76. The first-order valence-electron chi connectivity index (χ1n) is 8.37. The van der Waals surface area contributed by atoms with E-state index < -0.39 is 0 Å². The molecule has 26 heavy (non-hydrogen) atoms. The summed E-state index contributed by atoms with van der Waals surface area (Å²) in [5.41, 5.74) is 6.99. The van der Waals surface area contributed by atoms with Gasteiger partial charge in [0.1, 0.15) is 10.6 Å². The number of hydrogen-bond donors (Lipinski definition) is 1. The first-order chi connectivity index (χ1) is 12.5. The van der Waals surface area contributed by atoms with Crippen LogP contribution in [0.25, 0.3) is 21.3 Å². The van der Waals surface area contributed by atoms with E-state index >= 15 is 0 Å². The lowest BCUT2D eigenvalue weighted by Gasteiger charge is -2.11. The van der Waals surface area contributed by atoms with Gasteiger partial charge in [-0.3, -0.25) is 0 Å². The largest absolute Gasteiger partial charge is 0.340 e. The zero-order chi connectivity index (χ0) is 18.3. The fourth-order valence-corrected chi connectivity index (χ4v) is 4.34. The minimum atomic E-state index is 0.252. The summed E-state index contributed by atoms with van der Waals surface area (Å²) in [6, 6.07) is 14.7. The van der Waals surface area contributed by atoms with Gasteiger partial charge in [-0.2, -0.15) is 4.98 Å². The highest BCUT2D eigenvalue weighted by Gasteiger charge is 2.16. The Hall–Kier alpha value is -2.43. The molecule has 2 aromatic carbocycles. The van der Waals surface area contributed by atoms with Crippen LogP contribution in [0.15, 0.2) is 47.8 Å². The van der Waals surface area contributed by atoms with Gasteiger partial charge in [0.2, 0.25) is 5.28 Å². The maximum Gasteiger partial charge on any atom is 0.225 e. The zero-order valence-electron chi connectivity index (χ0n) is 14.8. The standard InChI is InChI=1S/C21H18ClN3S/c1-12-5-4-6-15(10-12)23-19-18-17(11-26-20(18)25-21(22)24-19)16-8-7-13(2)9-14(16)3/h4-11H,1-3H3,(H,23,24,25). The lowest BCUT2D eigenvalue weighted by molar-refractivity contribution is 1.23. The number of thiophene rings is 1. The number of rotatable bonds is 3. The monoisotopic (exact) mass is 379 g/mol. The van der Waals surface area contributed by atoms with Crippen LogP contribution in [0, 0.1) is 20.8 Å². The Morgan fingerprint density at radius 2 is 1.73 bits per heavy atom. The van der Waals surface area contributed by atoms with Gasteiger partial charge in [0, 0.05) is 16.6 Å². The summed E-state index contributed by atoms with van der Waals surface area (Å²) in [4.78, 5) is 9.79. The number of nitrogens with one attached hydrogen (secondary N) is 1. The van der Waals surface area contributed by atoms with Crippen LogP contribution in [0.4, 0.5) is 11.5 Å². The maximum atomic E-state index is 6.17. The van der Waals surface area contributed by atoms with E-state index in [0.717, 1.165) is 27.3 Å². The quantitative estimate of drug-likeness (QED) is 0.403. The van der Waals surface area contributed by atoms with Crippen LogP contribution in [0.2, 0.25) is 5.28 Å². The van der Waals surface area contributed by atoms with Crippen molar-refractivity contribution in [2.45, 2.75) is 20.8 Å². The van der Waals surface area contributed by atoms with Gasteiger partial charge in [-0.15, -0.1) is 11.3 Å². The highest BCUT2D eigenvalue weighted by atomic mass is 35.5. The van der Waals surface area contributed by atoms with Crippen molar-refractivity contribution in [2.75, 3.05) is 5.32 Å². The van der Waals surface area contributed by atoms with E-state index in [9.17, 15) is 0 Å². The molecule has 4 aromatic rings. The van der Waals surface area contributed by atoms with E-state index in [1.807, 2.05) is 12.1 Å². The van der Waals surface area contributed by atoms with E-state index in [2.05, 4.69) is 71.8 Å². The molecular formula is C21H18ClN3S. The molecule has 0 unspecified atom stereocenters. The molecule has 0 saturated heterocycles. The summed E-state index contributed by atoms with van der Waals surface area (Å²) in [7, 11) is 0. The number of nitrogens with zero attached hydrogens (tertiary/aromatic N) is 2. The average molecular weight is 380 g/mol. The Labute approximate surface area is 161 Å². The predicted molar refractivity (Wildman–Crippen MR) is 112 cm³/mol. The molecule has 0 aliphatic rings. The first kappa shape index (κ1) is 17.0. The lowest BCUT2D eigenvalue weighted by atomic mass is 9.99. The molecule has 4 rings (SSSR count). The number of hydrogen-bond acceptors (Lipinski definition) is 4. The van der Waals surface area contributed by atoms with Crippen molar-refractivity contribution in [1.82, 2.24) is 9.97 Å². The molecule has 130 valence electrons. The van der Waals surface area contributed by atoms with Crippen LogP contribution in [0.1, 0.15) is 16.7 Å². The van der Waals surface area contributed by atoms with Gasteiger partial charge < -0.3 is 5.32 Å². The molecule has 0 atom stereocenters. The third-order valence-electron chi connectivity index (χ3n) is 4.36. The van der Waals surface area contributed by atoms with Crippen molar-refractivity contribution in [1.29, 1.82) is 0 Å². The third-order valence-corrected chi connectivity index (χ3v) is 5.40. The van der Waals surface area contributed by atoms with Crippen molar-refractivity contribution in [3.63, 3.8) is 0 Å². The van der Waals surface area contributed by atoms with E-state index in [1.54, 1.807) is 11.3 Å². The van der Waals surface area contributed by atoms with Crippen LogP contribution in [-0.4, -0.2) is 9.97 Å². The van der Waals surface area contributed by atoms with E-state index in [-0.39, 0.29) is 5.28 Å². The van der Waals surface area contributed by atoms with E-state index in [0.29, 0.717) is 0 Å². The zero-order valence-corrected chi connectivity index (χ0v) is 16.4. The Balaban J connectivity index is 1.91. The molecule has 2 aromatic heterocycles. The predicted octanol–water partition coefficient (Wildman–Crippen LogP) is 6.68. The molecule has 0 amide bonds. The molecule has 0 aliphatic carbocycles. The van der Waals surface area contributed by atoms with Gasteiger partial charge in [0.25, 0.3) is 0 Å². The molecule has 0 radical (unpaired) electrons. The maximum absolute atomic E-state index is 6.17. The number of aromatic nitrogens is 2. The fourth-order valence-electron chi connectivity index (χ4n) is 3.18. The second-order valence-electron chi connectivity index (χ2n) is 6.48. The Morgan fingerprint density at radius 3 is 2.50 bits per heavy atom. The van der Waals surface area contributed by atoms with Gasteiger partial charge >= 0.3 is 0 Å². The minimum absolute atomic E-state index is 0.252. The lowest BCUT2D eigenvalue weighted by Crippen LogP contribution is -1.97. The van der Waals surface area contributed by atoms with Gasteiger partial charge in [0.05, 0.1) is 5.39 Å². The summed E-state index contributed by atoms with van der Waals surface area (Å²) < 4.78 is 0. The number of fused-ring (bicyclic) bond motifs is 1. The van der Waals surface area contributed by atoms with E-state index in [4.69, 9.17) is 11.6 Å². The SMILES string of the molecule is Cc1cccc(Nc2nc(Cl)nc3scc(-c4ccc(C)cc4C)c23)c1. The summed E-state index contributed by atoms with van der Waals surface area (Å²) in [5, 5.41) is 6.82. The van der Waals surface area contributed by atoms with Gasteiger partial charge in [0.15, 0.2) is 0 Å². The second-order valence-corrected chi connectivity index (χ2v) is 7.68. The van der Waals surface area contributed by atoms with Gasteiger partial charge in [-0.1, -0.05) is 35.9 Å². The van der Waals surface area contributed by atoms with Crippen molar-refractivity contribution in [3.05, 3.63) is 69.8 Å². The van der Waals surface area contributed by atoms with Crippen LogP contribution in [0.3, 0.4) is 0 Å². The van der Waals surface area contributed by atoms with Crippen molar-refractivity contribution >= 4 is 44.7 Å². The number of benzene rings is 2. The molecule has 5 heteroatoms. The Bertz CT molecular complexity index is 1120.